The van der Waals surface area contributed by atoms with Crippen molar-refractivity contribution in [3.63, 3.8) is 0 Å². The van der Waals surface area contributed by atoms with E-state index < -0.39 is 0 Å². The molecule has 0 amide bonds. The lowest BCUT2D eigenvalue weighted by Crippen LogP contribution is -2.49. The first-order chi connectivity index (χ1) is 13.5. The summed E-state index contributed by atoms with van der Waals surface area (Å²) in [5.41, 5.74) is 1.51. The lowest BCUT2D eigenvalue weighted by Gasteiger charge is -2.42. The third kappa shape index (κ3) is 6.13. The van der Waals surface area contributed by atoms with Gasteiger partial charge in [0.2, 0.25) is 0 Å². The zero-order valence-electron chi connectivity index (χ0n) is 18.2. The topological polar surface area (TPSA) is 64.1 Å². The molecule has 7 heteroatoms. The van der Waals surface area contributed by atoms with Gasteiger partial charge >= 0.3 is 0 Å². The van der Waals surface area contributed by atoms with Gasteiger partial charge in [0, 0.05) is 39.3 Å². The van der Waals surface area contributed by atoms with E-state index in [2.05, 4.69) is 41.6 Å². The highest BCUT2D eigenvalue weighted by molar-refractivity contribution is 14.0. The third-order valence-electron chi connectivity index (χ3n) is 6.13. The van der Waals surface area contributed by atoms with Crippen LogP contribution in [-0.4, -0.2) is 53.0 Å². The second-order valence-electron chi connectivity index (χ2n) is 8.62. The van der Waals surface area contributed by atoms with E-state index in [4.69, 9.17) is 14.2 Å². The molecular formula is C22H36IN3O3. The Morgan fingerprint density at radius 3 is 2.52 bits per heavy atom. The molecule has 2 N–H and O–H groups in total. The van der Waals surface area contributed by atoms with E-state index in [0.29, 0.717) is 18.6 Å². The highest BCUT2D eigenvalue weighted by Gasteiger charge is 2.36. The summed E-state index contributed by atoms with van der Waals surface area (Å²) in [4.78, 5) is 4.42. The van der Waals surface area contributed by atoms with Crippen molar-refractivity contribution < 1.29 is 14.2 Å². The molecule has 1 heterocycles. The van der Waals surface area contributed by atoms with E-state index in [-0.39, 0.29) is 29.4 Å². The van der Waals surface area contributed by atoms with Crippen LogP contribution in [0.15, 0.2) is 23.2 Å². The van der Waals surface area contributed by atoms with Crippen molar-refractivity contribution in [2.45, 2.75) is 44.9 Å². The van der Waals surface area contributed by atoms with Crippen LogP contribution in [0.3, 0.4) is 0 Å². The summed E-state index contributed by atoms with van der Waals surface area (Å²) in [6, 6.07) is 6.23. The fraction of sp³-hybridized carbons (Fsp3) is 0.682. The second kappa shape index (κ2) is 10.7. The fourth-order valence-corrected chi connectivity index (χ4v) is 3.87. The third-order valence-corrected chi connectivity index (χ3v) is 6.13. The normalized spacial score (nSPS) is 17.7. The molecule has 0 bridgehead atoms. The Morgan fingerprint density at radius 1 is 1.17 bits per heavy atom. The number of aliphatic imine (C=N–C) groups is 1. The molecule has 0 aromatic heterocycles. The average Bonchev–Trinajstić information content (AvgIpc) is 2.68. The van der Waals surface area contributed by atoms with Gasteiger partial charge in [-0.2, -0.15) is 0 Å². The second-order valence-corrected chi connectivity index (χ2v) is 8.62. The summed E-state index contributed by atoms with van der Waals surface area (Å²) >= 11 is 0. The van der Waals surface area contributed by atoms with Crippen molar-refractivity contribution in [1.29, 1.82) is 0 Å². The number of methoxy groups -OCH3 is 1. The molecular weight excluding hydrogens is 481 g/mol. The predicted molar refractivity (Wildman–Crippen MR) is 128 cm³/mol. The first kappa shape index (κ1) is 24.1. The number of guanidine groups is 1. The molecule has 6 nitrogen and oxygen atoms in total. The fourth-order valence-electron chi connectivity index (χ4n) is 3.87. The summed E-state index contributed by atoms with van der Waals surface area (Å²) in [6.45, 7) is 8.22. The summed E-state index contributed by atoms with van der Waals surface area (Å²) in [7, 11) is 3.61. The maximum atomic E-state index is 5.74. The van der Waals surface area contributed by atoms with Crippen molar-refractivity contribution >= 4 is 29.9 Å². The maximum absolute atomic E-state index is 5.74. The first-order valence-electron chi connectivity index (χ1n) is 10.3. The minimum absolute atomic E-state index is 0. The molecule has 1 aliphatic heterocycles. The number of hydrogen-bond acceptors (Lipinski definition) is 4. The van der Waals surface area contributed by atoms with Crippen molar-refractivity contribution in [1.82, 2.24) is 10.6 Å². The van der Waals surface area contributed by atoms with Crippen LogP contribution in [0.4, 0.5) is 0 Å². The van der Waals surface area contributed by atoms with Gasteiger partial charge in [0.05, 0.1) is 0 Å². The summed E-state index contributed by atoms with van der Waals surface area (Å²) < 4.78 is 16.7. The van der Waals surface area contributed by atoms with Crippen molar-refractivity contribution in [3.05, 3.63) is 23.8 Å². The molecule has 164 valence electrons. The number of rotatable bonds is 8. The van der Waals surface area contributed by atoms with Crippen LogP contribution in [0.5, 0.6) is 11.5 Å². The van der Waals surface area contributed by atoms with E-state index in [0.717, 1.165) is 43.6 Å². The van der Waals surface area contributed by atoms with E-state index >= 15 is 0 Å². The molecule has 1 aromatic carbocycles. The maximum Gasteiger partial charge on any atom is 0.191 e. The van der Waals surface area contributed by atoms with Crippen molar-refractivity contribution in [2.75, 3.05) is 47.1 Å². The molecule has 1 saturated carbocycles. The van der Waals surface area contributed by atoms with Crippen molar-refractivity contribution in [2.24, 2.45) is 10.4 Å². The zero-order valence-corrected chi connectivity index (χ0v) is 20.5. The lowest BCUT2D eigenvalue weighted by molar-refractivity contribution is 0.0732. The first-order valence-corrected chi connectivity index (χ1v) is 10.3. The number of nitrogens with zero attached hydrogens (tertiary/aromatic N) is 1. The van der Waals surface area contributed by atoms with Gasteiger partial charge in [0.1, 0.15) is 13.2 Å². The largest absolute Gasteiger partial charge is 0.486 e. The summed E-state index contributed by atoms with van der Waals surface area (Å²) in [5.74, 6) is 2.52. The molecule has 1 aromatic rings. The minimum Gasteiger partial charge on any atom is -0.486 e. The van der Waals surface area contributed by atoms with Crippen LogP contribution in [0.2, 0.25) is 0 Å². The Labute approximate surface area is 192 Å². The van der Waals surface area contributed by atoms with Crippen LogP contribution >= 0.6 is 24.0 Å². The Balaban J connectivity index is 0.00000300. The number of ether oxygens (including phenoxy) is 3. The quantitative estimate of drug-likeness (QED) is 0.313. The Bertz CT molecular complexity index is 690. The van der Waals surface area contributed by atoms with Gasteiger partial charge in [-0.1, -0.05) is 26.3 Å². The van der Waals surface area contributed by atoms with E-state index in [1.54, 1.807) is 7.11 Å². The van der Waals surface area contributed by atoms with Gasteiger partial charge < -0.3 is 24.8 Å². The van der Waals surface area contributed by atoms with Gasteiger partial charge in [-0.15, -0.1) is 24.0 Å². The predicted octanol–water partition coefficient (Wildman–Crippen LogP) is 3.73. The smallest absolute Gasteiger partial charge is 0.191 e. The molecule has 0 radical (unpaired) electrons. The van der Waals surface area contributed by atoms with Gasteiger partial charge in [-0.05, 0) is 42.4 Å². The number of nitrogens with one attached hydrogen (secondary N) is 2. The van der Waals surface area contributed by atoms with E-state index in [1.807, 2.05) is 13.1 Å². The lowest BCUT2D eigenvalue weighted by atomic mass is 9.67. The summed E-state index contributed by atoms with van der Waals surface area (Å²) in [6.07, 6.45) is 4.96. The SMILES string of the molecule is CN=C(NCC1(CCOC)CCC1)NCC(C)(C)c1ccc2c(c1)OCCO2.I. The Kier molecular flexibility index (Phi) is 8.88. The molecule has 3 rings (SSSR count). The molecule has 29 heavy (non-hydrogen) atoms. The van der Waals surface area contributed by atoms with E-state index in [9.17, 15) is 0 Å². The van der Waals surface area contributed by atoms with Crippen molar-refractivity contribution in [3.8, 4) is 11.5 Å². The number of benzene rings is 1. The average molecular weight is 517 g/mol. The van der Waals surface area contributed by atoms with Crippen LogP contribution in [0.25, 0.3) is 0 Å². The highest BCUT2D eigenvalue weighted by Crippen LogP contribution is 2.43. The number of hydrogen-bond donors (Lipinski definition) is 2. The van der Waals surface area contributed by atoms with Gasteiger partial charge in [0.25, 0.3) is 0 Å². The van der Waals surface area contributed by atoms with Crippen LogP contribution in [0, 0.1) is 5.41 Å². The molecule has 0 saturated heterocycles. The molecule has 2 aliphatic rings. The van der Waals surface area contributed by atoms with E-state index in [1.165, 1.54) is 24.8 Å². The Morgan fingerprint density at radius 2 is 1.90 bits per heavy atom. The van der Waals surface area contributed by atoms with Crippen LogP contribution in [0.1, 0.15) is 45.1 Å². The van der Waals surface area contributed by atoms with Gasteiger partial charge in [0.15, 0.2) is 17.5 Å². The van der Waals surface area contributed by atoms with Crippen LogP contribution < -0.4 is 20.1 Å². The Hall–Kier alpha value is -1.22. The molecule has 1 fully saturated rings. The molecule has 0 spiro atoms. The van der Waals surface area contributed by atoms with Crippen LogP contribution in [-0.2, 0) is 10.2 Å². The zero-order chi connectivity index (χ0) is 20.0. The number of halogens is 1. The highest BCUT2D eigenvalue weighted by atomic mass is 127. The number of fused-ring (bicyclic) bond motifs is 1. The molecule has 1 aliphatic carbocycles. The van der Waals surface area contributed by atoms with Gasteiger partial charge in [-0.3, -0.25) is 4.99 Å². The molecule has 0 atom stereocenters. The summed E-state index contributed by atoms with van der Waals surface area (Å²) in [5, 5.41) is 7.03. The monoisotopic (exact) mass is 517 g/mol. The molecule has 0 unspecified atom stereocenters. The standard InChI is InChI=1S/C22H35N3O3.HI/c1-21(2,17-6-7-18-19(14-17)28-13-12-27-18)15-24-20(23-3)25-16-22(8-5-9-22)10-11-26-4;/h6-7,14H,5,8-13,15-16H2,1-4H3,(H2,23,24,25);1H. The van der Waals surface area contributed by atoms with Gasteiger partial charge in [-0.25, -0.2) is 0 Å². The minimum atomic E-state index is -0.0718.